The predicted molar refractivity (Wildman–Crippen MR) is 72.8 cm³/mol. The molecule has 0 spiro atoms. The fourth-order valence-corrected chi connectivity index (χ4v) is 1.94. The highest BCUT2D eigenvalue weighted by molar-refractivity contribution is 6.31. The van der Waals surface area contributed by atoms with Gasteiger partial charge in [0, 0.05) is 16.7 Å². The van der Waals surface area contributed by atoms with Crippen LogP contribution in [0.3, 0.4) is 0 Å². The van der Waals surface area contributed by atoms with Crippen molar-refractivity contribution < 1.29 is 23.1 Å². The van der Waals surface area contributed by atoms with Gasteiger partial charge in [-0.15, -0.1) is 0 Å². The molecule has 0 aliphatic heterocycles. The summed E-state index contributed by atoms with van der Waals surface area (Å²) in [6.07, 6.45) is 0.519. The quantitative estimate of drug-likeness (QED) is 0.628. The molecule has 0 saturated carbocycles. The molecule has 0 N–H and O–H groups in total. The average Bonchev–Trinajstić information content (AvgIpc) is 2.44. The molecule has 0 amide bonds. The molecule has 0 unspecified atom stereocenters. The summed E-state index contributed by atoms with van der Waals surface area (Å²) in [5.74, 6) is -2.27. The van der Waals surface area contributed by atoms with Gasteiger partial charge in [-0.05, 0) is 30.3 Å². The van der Waals surface area contributed by atoms with Gasteiger partial charge in [-0.3, -0.25) is 9.59 Å². The molecular formula is C15H9ClF2O3. The van der Waals surface area contributed by atoms with E-state index >= 15 is 0 Å². The fraction of sp³-hybridized carbons (Fsp3) is 0.0667. The van der Waals surface area contributed by atoms with E-state index in [4.69, 9.17) is 16.3 Å². The molecule has 6 heteroatoms. The molecule has 2 rings (SSSR count). The van der Waals surface area contributed by atoms with Gasteiger partial charge in [0.25, 0.3) is 0 Å². The average molecular weight is 311 g/mol. The van der Waals surface area contributed by atoms with Gasteiger partial charge in [-0.25, -0.2) is 8.78 Å². The Labute approximate surface area is 124 Å². The summed E-state index contributed by atoms with van der Waals surface area (Å²) in [5, 5.41) is 0.258. The first-order chi connectivity index (χ1) is 10.0. The minimum Gasteiger partial charge on any atom is -0.485 e. The smallest absolute Gasteiger partial charge is 0.197 e. The normalized spacial score (nSPS) is 10.2. The van der Waals surface area contributed by atoms with Crippen molar-refractivity contribution in [2.24, 2.45) is 0 Å². The maximum Gasteiger partial charge on any atom is 0.197 e. The maximum atomic E-state index is 13.2. The third kappa shape index (κ3) is 3.64. The Balaban J connectivity index is 2.46. The Morgan fingerprint density at radius 1 is 1.14 bits per heavy atom. The van der Waals surface area contributed by atoms with E-state index in [2.05, 4.69) is 0 Å². The number of halogens is 3. The third-order valence-electron chi connectivity index (χ3n) is 2.62. The Bertz CT molecular complexity index is 681. The molecule has 0 bridgehead atoms. The molecule has 3 nitrogen and oxygen atoms in total. The number of ketones is 1. The van der Waals surface area contributed by atoms with E-state index in [1.54, 1.807) is 0 Å². The van der Waals surface area contributed by atoms with Crippen molar-refractivity contribution in [2.75, 3.05) is 6.61 Å². The first kappa shape index (κ1) is 15.1. The molecule has 21 heavy (non-hydrogen) atoms. The Hall–Kier alpha value is -2.27. The zero-order chi connectivity index (χ0) is 15.4. The number of rotatable bonds is 5. The molecule has 0 aliphatic carbocycles. The van der Waals surface area contributed by atoms with Crippen LogP contribution in [-0.4, -0.2) is 18.7 Å². The van der Waals surface area contributed by atoms with Crippen molar-refractivity contribution in [3.63, 3.8) is 0 Å². The lowest BCUT2D eigenvalue weighted by Gasteiger charge is -2.09. The van der Waals surface area contributed by atoms with E-state index in [0.717, 1.165) is 12.1 Å². The molecule has 0 atom stereocenters. The number of carbonyl (C=O) groups is 2. The van der Waals surface area contributed by atoms with Gasteiger partial charge >= 0.3 is 0 Å². The zero-order valence-electron chi connectivity index (χ0n) is 10.6. The summed E-state index contributed by atoms with van der Waals surface area (Å²) in [4.78, 5) is 22.7. The summed E-state index contributed by atoms with van der Waals surface area (Å²) in [7, 11) is 0. The Morgan fingerprint density at radius 2 is 1.81 bits per heavy atom. The Morgan fingerprint density at radius 3 is 2.43 bits per heavy atom. The van der Waals surface area contributed by atoms with Gasteiger partial charge in [0.15, 0.2) is 12.1 Å². The van der Waals surface area contributed by atoms with E-state index in [-0.39, 0.29) is 28.5 Å². The van der Waals surface area contributed by atoms with E-state index < -0.39 is 17.4 Å². The van der Waals surface area contributed by atoms with Crippen molar-refractivity contribution >= 4 is 23.7 Å². The first-order valence-electron chi connectivity index (χ1n) is 5.88. The number of hydrogen-bond acceptors (Lipinski definition) is 3. The second-order valence-corrected chi connectivity index (χ2v) is 4.54. The molecule has 0 aliphatic rings. The lowest BCUT2D eigenvalue weighted by atomic mass is 10.0. The van der Waals surface area contributed by atoms with Gasteiger partial charge in [0.05, 0.1) is 5.56 Å². The third-order valence-corrected chi connectivity index (χ3v) is 2.85. The lowest BCUT2D eigenvalue weighted by Crippen LogP contribution is -2.07. The minimum atomic E-state index is -0.865. The van der Waals surface area contributed by atoms with Crippen LogP contribution in [0.25, 0.3) is 0 Å². The van der Waals surface area contributed by atoms with Crippen LogP contribution in [0.1, 0.15) is 15.9 Å². The largest absolute Gasteiger partial charge is 0.485 e. The zero-order valence-corrected chi connectivity index (χ0v) is 11.4. The van der Waals surface area contributed by atoms with Crippen molar-refractivity contribution in [1.82, 2.24) is 0 Å². The number of hydrogen-bond donors (Lipinski definition) is 0. The molecule has 0 heterocycles. The SMILES string of the molecule is O=CCOc1ccc(Cl)cc1C(=O)c1cc(F)cc(F)c1. The second-order valence-electron chi connectivity index (χ2n) is 4.11. The number of carbonyl (C=O) groups excluding carboxylic acids is 2. The molecule has 2 aromatic rings. The van der Waals surface area contributed by atoms with E-state index in [1.807, 2.05) is 0 Å². The van der Waals surface area contributed by atoms with E-state index in [9.17, 15) is 18.4 Å². The second kappa shape index (κ2) is 6.45. The molecule has 0 radical (unpaired) electrons. The van der Waals surface area contributed by atoms with Gasteiger partial charge in [0.2, 0.25) is 0 Å². The van der Waals surface area contributed by atoms with Gasteiger partial charge < -0.3 is 4.74 Å². The molecule has 0 saturated heterocycles. The number of ether oxygens (including phenoxy) is 1. The van der Waals surface area contributed by atoms with Crippen molar-refractivity contribution in [3.8, 4) is 5.75 Å². The topological polar surface area (TPSA) is 43.4 Å². The molecule has 108 valence electrons. The van der Waals surface area contributed by atoms with Gasteiger partial charge in [0.1, 0.15) is 24.0 Å². The van der Waals surface area contributed by atoms with E-state index in [1.165, 1.54) is 18.2 Å². The van der Waals surface area contributed by atoms with Crippen LogP contribution in [0.2, 0.25) is 5.02 Å². The van der Waals surface area contributed by atoms with Crippen molar-refractivity contribution in [3.05, 3.63) is 64.2 Å². The highest BCUT2D eigenvalue weighted by Gasteiger charge is 2.17. The summed E-state index contributed by atoms with van der Waals surface area (Å²) < 4.78 is 31.5. The van der Waals surface area contributed by atoms with Crippen LogP contribution in [0.15, 0.2) is 36.4 Å². The van der Waals surface area contributed by atoms with Crippen molar-refractivity contribution in [1.29, 1.82) is 0 Å². The molecule has 0 aromatic heterocycles. The standard InChI is InChI=1S/C15H9ClF2O3/c16-10-1-2-14(21-4-3-19)13(7-10)15(20)9-5-11(17)8-12(18)6-9/h1-3,5-8H,4H2. The highest BCUT2D eigenvalue weighted by Crippen LogP contribution is 2.26. The van der Waals surface area contributed by atoms with Gasteiger partial charge in [-0.2, -0.15) is 0 Å². The number of aldehydes is 1. The summed E-state index contributed by atoms with van der Waals surface area (Å²) in [5.41, 5.74) is -0.153. The van der Waals surface area contributed by atoms with Gasteiger partial charge in [-0.1, -0.05) is 11.6 Å². The van der Waals surface area contributed by atoms with Crippen LogP contribution in [0.4, 0.5) is 8.78 Å². The maximum absolute atomic E-state index is 13.2. The van der Waals surface area contributed by atoms with Crippen LogP contribution in [-0.2, 0) is 4.79 Å². The summed E-state index contributed by atoms with van der Waals surface area (Å²) >= 11 is 5.82. The molecule has 0 fully saturated rings. The monoisotopic (exact) mass is 310 g/mol. The predicted octanol–water partition coefficient (Wildman–Crippen LogP) is 3.43. The van der Waals surface area contributed by atoms with Crippen LogP contribution >= 0.6 is 11.6 Å². The number of benzene rings is 2. The highest BCUT2D eigenvalue weighted by atomic mass is 35.5. The van der Waals surface area contributed by atoms with Crippen LogP contribution in [0.5, 0.6) is 5.75 Å². The minimum absolute atomic E-state index is 0.0225. The molecule has 2 aromatic carbocycles. The lowest BCUT2D eigenvalue weighted by molar-refractivity contribution is -0.109. The molecular weight excluding hydrogens is 302 g/mol. The summed E-state index contributed by atoms with van der Waals surface area (Å²) in [6, 6.07) is 6.69. The Kier molecular flexibility index (Phi) is 4.65. The van der Waals surface area contributed by atoms with E-state index in [0.29, 0.717) is 12.4 Å². The van der Waals surface area contributed by atoms with Crippen molar-refractivity contribution in [2.45, 2.75) is 0 Å². The van der Waals surface area contributed by atoms with Crippen LogP contribution < -0.4 is 4.74 Å². The first-order valence-corrected chi connectivity index (χ1v) is 6.26. The fourth-order valence-electron chi connectivity index (χ4n) is 1.77. The van der Waals surface area contributed by atoms with Crippen LogP contribution in [0, 0.1) is 11.6 Å². The summed E-state index contributed by atoms with van der Waals surface area (Å²) in [6.45, 7) is -0.251.